The van der Waals surface area contributed by atoms with Crippen LogP contribution in [0.25, 0.3) is 0 Å². The second-order valence-corrected chi connectivity index (χ2v) is 4.82. The molecule has 98 valence electrons. The Morgan fingerprint density at radius 1 is 1.22 bits per heavy atom. The average molecular weight is 275 g/mol. The Hall–Kier alpha value is -1.29. The van der Waals surface area contributed by atoms with Crippen LogP contribution in [0, 0.1) is 38.0 Å². The summed E-state index contributed by atoms with van der Waals surface area (Å²) in [5.41, 5.74) is 2.41. The van der Waals surface area contributed by atoms with Gasteiger partial charge < -0.3 is 0 Å². The monoisotopic (exact) mass is 275 g/mol. The first-order chi connectivity index (χ1) is 8.25. The number of aromatic nitrogens is 2. The summed E-state index contributed by atoms with van der Waals surface area (Å²) in [4.78, 5) is 8.19. The van der Waals surface area contributed by atoms with Crippen LogP contribution in [-0.2, 0) is 0 Å². The summed E-state index contributed by atoms with van der Waals surface area (Å²) in [5.74, 6) is -2.38. The van der Waals surface area contributed by atoms with Gasteiger partial charge in [-0.25, -0.2) is 9.97 Å². The number of aryl methyl sites for hydroxylation is 2. The summed E-state index contributed by atoms with van der Waals surface area (Å²) in [6, 6.07) is 1.25. The van der Waals surface area contributed by atoms with Crippen LogP contribution in [-0.4, -0.2) is 21.9 Å². The van der Waals surface area contributed by atoms with Gasteiger partial charge in [0.2, 0.25) is 0 Å². The van der Waals surface area contributed by atoms with Crippen LogP contribution < -0.4 is 0 Å². The molecule has 0 aliphatic heterocycles. The molecule has 0 N–H and O–H groups in total. The van der Waals surface area contributed by atoms with Gasteiger partial charge in [0, 0.05) is 17.1 Å². The fourth-order valence-corrected chi connectivity index (χ4v) is 2.15. The van der Waals surface area contributed by atoms with Crippen molar-refractivity contribution in [3.63, 3.8) is 0 Å². The first kappa shape index (κ1) is 14.8. The lowest BCUT2D eigenvalue weighted by Crippen LogP contribution is -2.23. The van der Waals surface area contributed by atoms with Crippen molar-refractivity contribution in [1.29, 1.82) is 5.26 Å². The molecular weight excluding hydrogens is 263 g/mol. The Labute approximate surface area is 107 Å². The standard InChI is InChI=1S/C11H12F3N3S/c1-6-7(2)16-10(17-8(6)3)18-5-9(4-15)11(12,13)14/h9H,5H2,1-3H3. The largest absolute Gasteiger partial charge is 0.405 e. The van der Waals surface area contributed by atoms with Crippen molar-refractivity contribution in [1.82, 2.24) is 9.97 Å². The second-order valence-electron chi connectivity index (χ2n) is 3.84. The second kappa shape index (κ2) is 5.57. The number of alkyl halides is 3. The molecule has 1 unspecified atom stereocenters. The molecule has 0 saturated carbocycles. The van der Waals surface area contributed by atoms with Gasteiger partial charge in [-0.1, -0.05) is 11.8 Å². The van der Waals surface area contributed by atoms with Gasteiger partial charge in [0.25, 0.3) is 0 Å². The van der Waals surface area contributed by atoms with Crippen LogP contribution in [0.15, 0.2) is 5.16 Å². The van der Waals surface area contributed by atoms with Gasteiger partial charge in [-0.05, 0) is 26.3 Å². The van der Waals surface area contributed by atoms with Crippen LogP contribution in [0.1, 0.15) is 17.0 Å². The van der Waals surface area contributed by atoms with E-state index in [1.54, 1.807) is 13.8 Å². The van der Waals surface area contributed by atoms with Gasteiger partial charge in [0.05, 0.1) is 6.07 Å². The number of thioether (sulfide) groups is 1. The number of rotatable bonds is 3. The van der Waals surface area contributed by atoms with Crippen LogP contribution in [0.4, 0.5) is 13.2 Å². The molecule has 0 fully saturated rings. The average Bonchev–Trinajstić information content (AvgIpc) is 2.24. The lowest BCUT2D eigenvalue weighted by molar-refractivity contribution is -0.152. The van der Waals surface area contributed by atoms with Gasteiger partial charge in [-0.2, -0.15) is 18.4 Å². The lowest BCUT2D eigenvalue weighted by Gasteiger charge is -2.12. The number of hydrogen-bond donors (Lipinski definition) is 0. The number of hydrogen-bond acceptors (Lipinski definition) is 4. The van der Waals surface area contributed by atoms with E-state index in [9.17, 15) is 13.2 Å². The van der Waals surface area contributed by atoms with Crippen molar-refractivity contribution in [2.75, 3.05) is 5.75 Å². The highest BCUT2D eigenvalue weighted by molar-refractivity contribution is 7.99. The minimum absolute atomic E-state index is 0.278. The normalized spacial score (nSPS) is 13.2. The molecule has 0 aliphatic carbocycles. The molecular formula is C11H12F3N3S. The zero-order valence-corrected chi connectivity index (χ0v) is 11.0. The van der Waals surface area contributed by atoms with Crippen molar-refractivity contribution in [3.05, 3.63) is 17.0 Å². The maximum absolute atomic E-state index is 12.4. The van der Waals surface area contributed by atoms with Gasteiger partial charge in [-0.3, -0.25) is 0 Å². The first-order valence-electron chi connectivity index (χ1n) is 5.16. The summed E-state index contributed by atoms with van der Waals surface area (Å²) >= 11 is 0.852. The third-order valence-electron chi connectivity index (χ3n) is 2.54. The molecule has 0 bridgehead atoms. The molecule has 0 aromatic carbocycles. The smallest absolute Gasteiger partial charge is 0.228 e. The van der Waals surface area contributed by atoms with Crippen LogP contribution in [0.2, 0.25) is 0 Å². The topological polar surface area (TPSA) is 49.6 Å². The highest BCUT2D eigenvalue weighted by Crippen LogP contribution is 2.30. The van der Waals surface area contributed by atoms with Crippen molar-refractivity contribution in [2.24, 2.45) is 5.92 Å². The van der Waals surface area contributed by atoms with E-state index in [2.05, 4.69) is 9.97 Å². The van der Waals surface area contributed by atoms with Crippen molar-refractivity contribution in [3.8, 4) is 6.07 Å². The first-order valence-corrected chi connectivity index (χ1v) is 6.15. The predicted octanol–water partition coefficient (Wildman–Crippen LogP) is 3.20. The molecule has 18 heavy (non-hydrogen) atoms. The molecule has 0 amide bonds. The zero-order valence-electron chi connectivity index (χ0n) is 10.2. The molecule has 0 spiro atoms. The fourth-order valence-electron chi connectivity index (χ4n) is 1.17. The zero-order chi connectivity index (χ0) is 13.9. The minimum atomic E-state index is -4.50. The molecule has 1 heterocycles. The third kappa shape index (κ3) is 3.60. The van der Waals surface area contributed by atoms with Gasteiger partial charge in [-0.15, -0.1) is 0 Å². The highest BCUT2D eigenvalue weighted by Gasteiger charge is 2.39. The molecule has 0 radical (unpaired) electrons. The molecule has 7 heteroatoms. The van der Waals surface area contributed by atoms with Gasteiger partial charge in [0.1, 0.15) is 0 Å². The summed E-state index contributed by atoms with van der Waals surface area (Å²) in [7, 11) is 0. The Bertz CT molecular complexity index is 456. The molecule has 0 saturated heterocycles. The maximum Gasteiger partial charge on any atom is 0.405 e. The fraction of sp³-hybridized carbons (Fsp3) is 0.545. The molecule has 1 aromatic heterocycles. The Balaban J connectivity index is 2.79. The predicted molar refractivity (Wildman–Crippen MR) is 62.1 cm³/mol. The Kier molecular flexibility index (Phi) is 4.57. The minimum Gasteiger partial charge on any atom is -0.228 e. The number of nitriles is 1. The summed E-state index contributed by atoms with van der Waals surface area (Å²) < 4.78 is 37.1. The van der Waals surface area contributed by atoms with Gasteiger partial charge in [0.15, 0.2) is 11.1 Å². The van der Waals surface area contributed by atoms with E-state index in [1.807, 2.05) is 6.92 Å². The molecule has 3 nitrogen and oxygen atoms in total. The lowest BCUT2D eigenvalue weighted by atomic mass is 10.2. The third-order valence-corrected chi connectivity index (χ3v) is 3.48. The van der Waals surface area contributed by atoms with E-state index in [0.29, 0.717) is 0 Å². The van der Waals surface area contributed by atoms with E-state index in [0.717, 1.165) is 28.7 Å². The van der Waals surface area contributed by atoms with E-state index >= 15 is 0 Å². The van der Waals surface area contributed by atoms with Crippen LogP contribution >= 0.6 is 11.8 Å². The number of halogens is 3. The summed E-state index contributed by atoms with van der Waals surface area (Å²) in [5, 5.41) is 8.75. The molecule has 1 atom stereocenters. The van der Waals surface area contributed by atoms with E-state index in [-0.39, 0.29) is 10.9 Å². The molecule has 1 aromatic rings. The Morgan fingerprint density at radius 3 is 2.11 bits per heavy atom. The van der Waals surface area contributed by atoms with Crippen LogP contribution in [0.5, 0.6) is 0 Å². The summed E-state index contributed by atoms with van der Waals surface area (Å²) in [6.07, 6.45) is -4.50. The SMILES string of the molecule is Cc1nc(SCC(C#N)C(F)(F)F)nc(C)c1C. The van der Waals surface area contributed by atoms with Crippen molar-refractivity contribution < 1.29 is 13.2 Å². The summed E-state index contributed by atoms with van der Waals surface area (Å²) in [6.45, 7) is 5.41. The Morgan fingerprint density at radius 2 is 1.72 bits per heavy atom. The quantitative estimate of drug-likeness (QED) is 0.628. The van der Waals surface area contributed by atoms with E-state index in [1.165, 1.54) is 6.07 Å². The number of nitrogens with zero attached hydrogens (tertiary/aromatic N) is 3. The van der Waals surface area contributed by atoms with Gasteiger partial charge >= 0.3 is 6.18 Å². The molecule has 1 rings (SSSR count). The van der Waals surface area contributed by atoms with Crippen LogP contribution in [0.3, 0.4) is 0 Å². The molecule has 0 aliphatic rings. The van der Waals surface area contributed by atoms with Crippen molar-refractivity contribution in [2.45, 2.75) is 32.1 Å². The highest BCUT2D eigenvalue weighted by atomic mass is 32.2. The van der Waals surface area contributed by atoms with E-state index in [4.69, 9.17) is 5.26 Å². The van der Waals surface area contributed by atoms with E-state index < -0.39 is 12.1 Å². The maximum atomic E-state index is 12.4. The van der Waals surface area contributed by atoms with Crippen molar-refractivity contribution >= 4 is 11.8 Å².